The minimum atomic E-state index is -0.314. The second kappa shape index (κ2) is 8.65. The highest BCUT2D eigenvalue weighted by Crippen LogP contribution is 2.26. The van der Waals surface area contributed by atoms with E-state index in [0.717, 1.165) is 0 Å². The predicted octanol–water partition coefficient (Wildman–Crippen LogP) is 3.98. The topological polar surface area (TPSA) is 59.6 Å². The molecule has 0 fully saturated rings. The molecule has 126 valence electrons. The molecule has 0 aliphatic carbocycles. The number of nitrogens with one attached hydrogen (secondary N) is 2. The second-order valence-electron chi connectivity index (χ2n) is 4.69. The number of benzene rings is 2. The van der Waals surface area contributed by atoms with Crippen LogP contribution >= 0.6 is 28.1 Å². The van der Waals surface area contributed by atoms with Crippen molar-refractivity contribution in [2.75, 3.05) is 19.0 Å². The van der Waals surface area contributed by atoms with Gasteiger partial charge in [-0.15, -0.1) is 0 Å². The van der Waals surface area contributed by atoms with Crippen LogP contribution in [0.1, 0.15) is 17.3 Å². The van der Waals surface area contributed by atoms with Gasteiger partial charge in [0.2, 0.25) is 0 Å². The van der Waals surface area contributed by atoms with E-state index in [1.807, 2.05) is 25.1 Å². The number of hydrogen-bond donors (Lipinski definition) is 2. The molecule has 2 aromatic rings. The van der Waals surface area contributed by atoms with E-state index in [4.69, 9.17) is 21.7 Å². The van der Waals surface area contributed by atoms with Crippen molar-refractivity contribution in [3.8, 4) is 11.5 Å². The maximum Gasteiger partial charge on any atom is 0.257 e. The minimum absolute atomic E-state index is 0.189. The molecule has 0 aliphatic rings. The van der Waals surface area contributed by atoms with Gasteiger partial charge >= 0.3 is 0 Å². The molecule has 7 heteroatoms. The Balaban J connectivity index is 2.03. The fourth-order valence-corrected chi connectivity index (χ4v) is 2.69. The largest absolute Gasteiger partial charge is 0.495 e. The quantitative estimate of drug-likeness (QED) is 0.732. The van der Waals surface area contributed by atoms with Crippen molar-refractivity contribution >= 4 is 44.9 Å². The van der Waals surface area contributed by atoms with E-state index in [2.05, 4.69) is 26.6 Å². The molecule has 0 unspecified atom stereocenters. The van der Waals surface area contributed by atoms with E-state index in [1.54, 1.807) is 31.4 Å². The zero-order valence-electron chi connectivity index (χ0n) is 13.3. The molecule has 5 nitrogen and oxygen atoms in total. The monoisotopic (exact) mass is 408 g/mol. The first kappa shape index (κ1) is 18.2. The molecular weight excluding hydrogens is 392 g/mol. The van der Waals surface area contributed by atoms with E-state index >= 15 is 0 Å². The van der Waals surface area contributed by atoms with Crippen molar-refractivity contribution in [1.29, 1.82) is 0 Å². The summed E-state index contributed by atoms with van der Waals surface area (Å²) >= 11 is 8.57. The number of hydrogen-bond acceptors (Lipinski definition) is 4. The molecule has 0 radical (unpaired) electrons. The summed E-state index contributed by atoms with van der Waals surface area (Å²) in [4.78, 5) is 12.3. The van der Waals surface area contributed by atoms with Crippen LogP contribution in [0.3, 0.4) is 0 Å². The Kier molecular flexibility index (Phi) is 6.57. The van der Waals surface area contributed by atoms with Gasteiger partial charge in [-0.05, 0) is 65.4 Å². The Morgan fingerprint density at radius 2 is 1.96 bits per heavy atom. The molecule has 24 heavy (non-hydrogen) atoms. The number of anilines is 1. The van der Waals surface area contributed by atoms with Crippen LogP contribution in [0.2, 0.25) is 0 Å². The zero-order valence-corrected chi connectivity index (χ0v) is 15.7. The molecule has 0 heterocycles. The average molecular weight is 409 g/mol. The Morgan fingerprint density at radius 3 is 2.62 bits per heavy atom. The summed E-state index contributed by atoms with van der Waals surface area (Å²) in [5.41, 5.74) is 1.15. The third kappa shape index (κ3) is 4.69. The van der Waals surface area contributed by atoms with Crippen molar-refractivity contribution < 1.29 is 14.3 Å². The van der Waals surface area contributed by atoms with Gasteiger partial charge in [0.15, 0.2) is 5.11 Å². The number of carbonyl (C=O) groups is 1. The Hall–Kier alpha value is -2.12. The molecule has 0 aromatic heterocycles. The van der Waals surface area contributed by atoms with Crippen LogP contribution in [0.25, 0.3) is 0 Å². The maximum atomic E-state index is 12.3. The summed E-state index contributed by atoms with van der Waals surface area (Å²) in [7, 11) is 1.57. The first-order valence-electron chi connectivity index (χ1n) is 7.22. The molecule has 1 amide bonds. The average Bonchev–Trinajstić information content (AvgIpc) is 2.57. The lowest BCUT2D eigenvalue weighted by molar-refractivity contribution is 0.0977. The highest BCUT2D eigenvalue weighted by atomic mass is 79.9. The number of halogens is 1. The third-order valence-electron chi connectivity index (χ3n) is 3.08. The highest BCUT2D eigenvalue weighted by molar-refractivity contribution is 9.10. The summed E-state index contributed by atoms with van der Waals surface area (Å²) < 4.78 is 11.4. The molecule has 0 saturated heterocycles. The highest BCUT2D eigenvalue weighted by Gasteiger charge is 2.12. The van der Waals surface area contributed by atoms with Gasteiger partial charge in [0, 0.05) is 5.56 Å². The van der Waals surface area contributed by atoms with Gasteiger partial charge in [0.05, 0.1) is 23.9 Å². The number of rotatable bonds is 5. The van der Waals surface area contributed by atoms with Crippen LogP contribution in [0.4, 0.5) is 5.69 Å². The van der Waals surface area contributed by atoms with Crippen molar-refractivity contribution in [3.63, 3.8) is 0 Å². The summed E-state index contributed by atoms with van der Waals surface area (Å²) in [5.74, 6) is 1.01. The lowest BCUT2D eigenvalue weighted by Crippen LogP contribution is -2.34. The molecule has 0 aliphatic heterocycles. The maximum absolute atomic E-state index is 12.3. The number of carbonyl (C=O) groups excluding carboxylic acids is 1. The summed E-state index contributed by atoms with van der Waals surface area (Å²) in [6.45, 7) is 2.45. The normalized spacial score (nSPS) is 9.96. The van der Waals surface area contributed by atoms with E-state index in [-0.39, 0.29) is 11.0 Å². The molecule has 0 bridgehead atoms. The predicted molar refractivity (Wildman–Crippen MR) is 102 cm³/mol. The lowest BCUT2D eigenvalue weighted by Gasteiger charge is -2.13. The second-order valence-corrected chi connectivity index (χ2v) is 5.95. The van der Waals surface area contributed by atoms with Gasteiger partial charge in [-0.3, -0.25) is 10.1 Å². The fourth-order valence-electron chi connectivity index (χ4n) is 1.99. The van der Waals surface area contributed by atoms with Crippen LogP contribution in [0.15, 0.2) is 46.9 Å². The summed E-state index contributed by atoms with van der Waals surface area (Å²) in [5, 5.41) is 5.77. The smallest absolute Gasteiger partial charge is 0.257 e. The van der Waals surface area contributed by atoms with Gasteiger partial charge in [-0.1, -0.05) is 12.1 Å². The first-order valence-corrected chi connectivity index (χ1v) is 8.43. The number of methoxy groups -OCH3 is 1. The van der Waals surface area contributed by atoms with Crippen molar-refractivity contribution in [2.24, 2.45) is 0 Å². The summed E-state index contributed by atoms with van der Waals surface area (Å²) in [6.07, 6.45) is 0. The Morgan fingerprint density at radius 1 is 1.21 bits per heavy atom. The van der Waals surface area contributed by atoms with Crippen molar-refractivity contribution in [1.82, 2.24) is 5.32 Å². The molecular formula is C17H17BrN2O3S. The van der Waals surface area contributed by atoms with Crippen molar-refractivity contribution in [3.05, 3.63) is 52.5 Å². The van der Waals surface area contributed by atoms with E-state index in [1.165, 1.54) is 0 Å². The standard InChI is InChI=1S/C17H17BrN2O3S/c1-3-23-14-9-8-11(10-12(14)18)16(21)20-17(24)19-13-6-4-5-7-15(13)22-2/h4-10H,3H2,1-2H3,(H2,19,20,21,24). The number of amides is 1. The van der Waals surface area contributed by atoms with Crippen LogP contribution in [-0.4, -0.2) is 24.7 Å². The van der Waals surface area contributed by atoms with Gasteiger partial charge in [0.1, 0.15) is 11.5 Å². The van der Waals surface area contributed by atoms with Gasteiger partial charge in [-0.2, -0.15) is 0 Å². The van der Waals surface area contributed by atoms with Crippen LogP contribution in [0, 0.1) is 0 Å². The van der Waals surface area contributed by atoms with E-state index in [9.17, 15) is 4.79 Å². The third-order valence-corrected chi connectivity index (χ3v) is 3.90. The number of thiocarbonyl (C=S) groups is 1. The minimum Gasteiger partial charge on any atom is -0.495 e. The Labute approximate surface area is 154 Å². The first-order chi connectivity index (χ1) is 11.5. The molecule has 0 atom stereocenters. The molecule has 2 N–H and O–H groups in total. The molecule has 2 rings (SSSR count). The van der Waals surface area contributed by atoms with Crippen LogP contribution in [0.5, 0.6) is 11.5 Å². The van der Waals surface area contributed by atoms with Gasteiger partial charge in [-0.25, -0.2) is 0 Å². The number of para-hydroxylation sites is 2. The Bertz CT molecular complexity index is 752. The van der Waals surface area contributed by atoms with Crippen LogP contribution in [-0.2, 0) is 0 Å². The molecule has 0 saturated carbocycles. The van der Waals surface area contributed by atoms with Crippen LogP contribution < -0.4 is 20.1 Å². The molecule has 2 aromatic carbocycles. The van der Waals surface area contributed by atoms with Gasteiger partial charge < -0.3 is 14.8 Å². The zero-order chi connectivity index (χ0) is 17.5. The summed E-state index contributed by atoms with van der Waals surface area (Å²) in [6, 6.07) is 12.4. The van der Waals surface area contributed by atoms with Crippen molar-refractivity contribution in [2.45, 2.75) is 6.92 Å². The van der Waals surface area contributed by atoms with E-state index in [0.29, 0.717) is 33.8 Å². The number of ether oxygens (including phenoxy) is 2. The fraction of sp³-hybridized carbons (Fsp3) is 0.176. The SMILES string of the molecule is CCOc1ccc(C(=O)NC(=S)Nc2ccccc2OC)cc1Br. The molecule has 0 spiro atoms. The van der Waals surface area contributed by atoms with E-state index < -0.39 is 0 Å². The lowest BCUT2D eigenvalue weighted by atomic mass is 10.2. The van der Waals surface area contributed by atoms with Gasteiger partial charge in [0.25, 0.3) is 5.91 Å².